The van der Waals surface area contributed by atoms with Crippen LogP contribution in [0, 0.1) is 0 Å². The van der Waals surface area contributed by atoms with Gasteiger partial charge >= 0.3 is 0 Å². The number of piperazine rings is 1. The van der Waals surface area contributed by atoms with Crippen molar-refractivity contribution < 1.29 is 9.53 Å². The summed E-state index contributed by atoms with van der Waals surface area (Å²) >= 11 is 3.17. The van der Waals surface area contributed by atoms with Crippen LogP contribution in [0.25, 0.3) is 10.6 Å². The minimum Gasteiger partial charge on any atom is -0.497 e. The second kappa shape index (κ2) is 9.59. The van der Waals surface area contributed by atoms with Crippen LogP contribution in [0.2, 0.25) is 0 Å². The number of ether oxygens (including phenoxy) is 1. The highest BCUT2D eigenvalue weighted by Gasteiger charge is 2.24. The lowest BCUT2D eigenvalue weighted by atomic mass is 10.2. The third-order valence-electron chi connectivity index (χ3n) is 5.13. The van der Waals surface area contributed by atoms with Gasteiger partial charge in [-0.15, -0.1) is 23.1 Å². The summed E-state index contributed by atoms with van der Waals surface area (Å²) < 4.78 is 5.22. The molecule has 1 fully saturated rings. The maximum atomic E-state index is 12.9. The van der Waals surface area contributed by atoms with Crippen molar-refractivity contribution in [3.8, 4) is 16.3 Å². The molecule has 0 spiro atoms. The third-order valence-corrected chi connectivity index (χ3v) is 6.78. The summed E-state index contributed by atoms with van der Waals surface area (Å²) in [6, 6.07) is 11.7. The molecule has 1 aliphatic heterocycles. The summed E-state index contributed by atoms with van der Waals surface area (Å²) in [5.74, 6) is 0.918. The van der Waals surface area contributed by atoms with Crippen LogP contribution in [-0.2, 0) is 6.54 Å². The van der Waals surface area contributed by atoms with Crippen LogP contribution < -0.4 is 4.74 Å². The standard InChI is InChI=1S/C22H24N4O2S2/c1-28-18-7-5-16(6-8-18)20-24-17(15-30-20)14-25-10-12-26(13-11-25)22(27)19-4-3-9-23-21(19)29-2/h3-9,15H,10-14H2,1-2H3. The molecular weight excluding hydrogens is 416 g/mol. The van der Waals surface area contributed by atoms with Gasteiger partial charge in [0.2, 0.25) is 0 Å². The molecule has 156 valence electrons. The number of rotatable bonds is 6. The van der Waals surface area contributed by atoms with Gasteiger partial charge in [0.05, 0.1) is 18.4 Å². The van der Waals surface area contributed by atoms with Crippen LogP contribution in [0.3, 0.4) is 0 Å². The van der Waals surface area contributed by atoms with Crippen molar-refractivity contribution in [3.63, 3.8) is 0 Å². The molecule has 0 bridgehead atoms. The molecule has 1 aromatic carbocycles. The minimum absolute atomic E-state index is 0.0718. The fourth-order valence-electron chi connectivity index (χ4n) is 3.47. The Morgan fingerprint density at radius 2 is 1.93 bits per heavy atom. The van der Waals surface area contributed by atoms with Gasteiger partial charge in [0.1, 0.15) is 15.8 Å². The number of aromatic nitrogens is 2. The van der Waals surface area contributed by atoms with Crippen molar-refractivity contribution >= 4 is 29.0 Å². The van der Waals surface area contributed by atoms with E-state index in [9.17, 15) is 4.79 Å². The Kier molecular flexibility index (Phi) is 6.66. The number of thioether (sulfide) groups is 1. The first-order chi connectivity index (χ1) is 14.7. The second-order valence-corrected chi connectivity index (χ2v) is 8.65. The molecule has 30 heavy (non-hydrogen) atoms. The molecule has 6 nitrogen and oxygen atoms in total. The summed E-state index contributed by atoms with van der Waals surface area (Å²) in [6.45, 7) is 3.93. The molecule has 0 atom stereocenters. The number of amides is 1. The van der Waals surface area contributed by atoms with Crippen LogP contribution in [0.4, 0.5) is 0 Å². The lowest BCUT2D eigenvalue weighted by Gasteiger charge is -2.34. The van der Waals surface area contributed by atoms with Gasteiger partial charge < -0.3 is 9.64 Å². The van der Waals surface area contributed by atoms with Gasteiger partial charge in [-0.05, 0) is 42.7 Å². The van der Waals surface area contributed by atoms with Crippen LogP contribution in [0.5, 0.6) is 5.75 Å². The molecule has 1 amide bonds. The fourth-order valence-corrected chi connectivity index (χ4v) is 4.83. The van der Waals surface area contributed by atoms with Gasteiger partial charge in [0.15, 0.2) is 0 Å². The van der Waals surface area contributed by atoms with E-state index in [1.807, 2.05) is 47.6 Å². The Hall–Kier alpha value is -2.42. The first-order valence-electron chi connectivity index (χ1n) is 9.77. The molecule has 4 rings (SSSR count). The molecule has 1 saturated heterocycles. The topological polar surface area (TPSA) is 58.6 Å². The van der Waals surface area contributed by atoms with Crippen molar-refractivity contribution in [2.24, 2.45) is 0 Å². The zero-order chi connectivity index (χ0) is 20.9. The largest absolute Gasteiger partial charge is 0.497 e. The number of hydrogen-bond donors (Lipinski definition) is 0. The molecule has 8 heteroatoms. The summed E-state index contributed by atoms with van der Waals surface area (Å²) in [5, 5.41) is 3.93. The van der Waals surface area contributed by atoms with Crippen molar-refractivity contribution in [2.45, 2.75) is 11.6 Å². The van der Waals surface area contributed by atoms with Crippen LogP contribution in [-0.4, -0.2) is 65.2 Å². The summed E-state index contributed by atoms with van der Waals surface area (Å²) in [5.41, 5.74) is 2.87. The Labute approximate surface area is 184 Å². The number of methoxy groups -OCH3 is 1. The van der Waals surface area contributed by atoms with Crippen LogP contribution in [0.15, 0.2) is 53.0 Å². The van der Waals surface area contributed by atoms with Crippen molar-refractivity contribution in [3.05, 3.63) is 59.2 Å². The van der Waals surface area contributed by atoms with E-state index in [2.05, 4.69) is 15.3 Å². The zero-order valence-corrected chi connectivity index (χ0v) is 18.7. The Morgan fingerprint density at radius 3 is 2.63 bits per heavy atom. The van der Waals surface area contributed by atoms with Gasteiger partial charge in [-0.1, -0.05) is 0 Å². The van der Waals surface area contributed by atoms with Gasteiger partial charge in [0.25, 0.3) is 5.91 Å². The summed E-state index contributed by atoms with van der Waals surface area (Å²) in [4.78, 5) is 26.3. The molecule has 0 N–H and O–H groups in total. The van der Waals surface area contributed by atoms with Gasteiger partial charge in [-0.25, -0.2) is 9.97 Å². The second-order valence-electron chi connectivity index (χ2n) is 7.00. The van der Waals surface area contributed by atoms with E-state index >= 15 is 0 Å². The summed E-state index contributed by atoms with van der Waals surface area (Å²) in [7, 11) is 1.67. The van der Waals surface area contributed by atoms with E-state index in [0.29, 0.717) is 5.56 Å². The van der Waals surface area contributed by atoms with E-state index in [4.69, 9.17) is 9.72 Å². The van der Waals surface area contributed by atoms with Crippen molar-refractivity contribution in [2.75, 3.05) is 39.5 Å². The number of pyridine rings is 1. The Bertz CT molecular complexity index is 998. The maximum Gasteiger partial charge on any atom is 0.256 e. The maximum absolute atomic E-state index is 12.9. The minimum atomic E-state index is 0.0718. The molecule has 3 aromatic rings. The molecule has 3 heterocycles. The van der Waals surface area contributed by atoms with Crippen molar-refractivity contribution in [1.29, 1.82) is 0 Å². The van der Waals surface area contributed by atoms with Crippen molar-refractivity contribution in [1.82, 2.24) is 19.8 Å². The first kappa shape index (κ1) is 20.8. The number of carbonyl (C=O) groups excluding carboxylic acids is 1. The third kappa shape index (κ3) is 4.66. The SMILES string of the molecule is COc1ccc(-c2nc(CN3CCN(C(=O)c4cccnc4SC)CC3)cs2)cc1. The zero-order valence-electron chi connectivity index (χ0n) is 17.1. The van der Waals surface area contributed by atoms with Gasteiger partial charge in [0, 0.05) is 49.9 Å². The van der Waals surface area contributed by atoms with Crippen LogP contribution in [0.1, 0.15) is 16.1 Å². The summed E-state index contributed by atoms with van der Waals surface area (Å²) in [6.07, 6.45) is 3.68. The van der Waals surface area contributed by atoms with E-state index in [-0.39, 0.29) is 5.91 Å². The molecule has 0 saturated carbocycles. The van der Waals surface area contributed by atoms with E-state index in [1.165, 1.54) is 11.8 Å². The number of hydrogen-bond acceptors (Lipinski definition) is 7. The highest BCUT2D eigenvalue weighted by Crippen LogP contribution is 2.26. The predicted octanol–water partition coefficient (Wildman–Crippen LogP) is 3.89. The number of carbonyl (C=O) groups is 1. The number of benzene rings is 1. The molecular formula is C22H24N4O2S2. The Morgan fingerprint density at radius 1 is 1.17 bits per heavy atom. The van der Waals surface area contributed by atoms with Gasteiger partial charge in [-0.2, -0.15) is 0 Å². The fraction of sp³-hybridized carbons (Fsp3) is 0.318. The smallest absolute Gasteiger partial charge is 0.256 e. The van der Waals surface area contributed by atoms with E-state index < -0.39 is 0 Å². The lowest BCUT2D eigenvalue weighted by Crippen LogP contribution is -2.48. The highest BCUT2D eigenvalue weighted by atomic mass is 32.2. The molecule has 0 unspecified atom stereocenters. The monoisotopic (exact) mass is 440 g/mol. The predicted molar refractivity (Wildman–Crippen MR) is 121 cm³/mol. The highest BCUT2D eigenvalue weighted by molar-refractivity contribution is 7.98. The first-order valence-corrected chi connectivity index (χ1v) is 11.9. The number of thiazole rings is 1. The van der Waals surface area contributed by atoms with E-state index in [1.54, 1.807) is 24.6 Å². The molecule has 0 radical (unpaired) electrons. The van der Waals surface area contributed by atoms with Gasteiger partial charge in [-0.3, -0.25) is 9.69 Å². The average molecular weight is 441 g/mol. The average Bonchev–Trinajstić information content (AvgIpc) is 3.27. The molecule has 2 aromatic heterocycles. The lowest BCUT2D eigenvalue weighted by molar-refractivity contribution is 0.0623. The van der Waals surface area contributed by atoms with Crippen LogP contribution >= 0.6 is 23.1 Å². The Balaban J connectivity index is 1.34. The molecule has 0 aliphatic carbocycles. The quantitative estimate of drug-likeness (QED) is 0.542. The number of nitrogens with zero attached hydrogens (tertiary/aromatic N) is 4. The normalized spacial score (nSPS) is 14.7. The van der Waals surface area contributed by atoms with E-state index in [0.717, 1.165) is 59.8 Å². The molecule has 1 aliphatic rings.